The Kier molecular flexibility index (Phi) is 5.74. The van der Waals surface area contributed by atoms with Crippen molar-refractivity contribution in [1.29, 1.82) is 0 Å². The maximum atomic E-state index is 13.0. The highest BCUT2D eigenvalue weighted by Gasteiger charge is 2.34. The van der Waals surface area contributed by atoms with Gasteiger partial charge in [0.2, 0.25) is 11.8 Å². The molecule has 7 nitrogen and oxygen atoms in total. The minimum atomic E-state index is -1.31. The summed E-state index contributed by atoms with van der Waals surface area (Å²) in [5, 5.41) is 13.1. The number of nitrogens with zero attached hydrogens (tertiary/aromatic N) is 2. The van der Waals surface area contributed by atoms with E-state index in [0.29, 0.717) is 16.5 Å². The minimum absolute atomic E-state index is 0.00411. The van der Waals surface area contributed by atoms with Gasteiger partial charge in [0.05, 0.1) is 11.7 Å². The van der Waals surface area contributed by atoms with Crippen LogP contribution in [0.2, 0.25) is 0 Å². The van der Waals surface area contributed by atoms with E-state index in [1.807, 2.05) is 0 Å². The summed E-state index contributed by atoms with van der Waals surface area (Å²) in [6.07, 6.45) is -0.00737. The third kappa shape index (κ3) is 4.55. The van der Waals surface area contributed by atoms with Crippen LogP contribution in [0.15, 0.2) is 53.5 Å². The molecule has 1 heterocycles. The van der Waals surface area contributed by atoms with Gasteiger partial charge < -0.3 is 15.2 Å². The van der Waals surface area contributed by atoms with Gasteiger partial charge in [-0.2, -0.15) is 0 Å². The van der Waals surface area contributed by atoms with Gasteiger partial charge in [-0.3, -0.25) is 14.5 Å². The zero-order valence-corrected chi connectivity index (χ0v) is 15.5. The zero-order chi connectivity index (χ0) is 20.3. The molecule has 28 heavy (non-hydrogen) atoms. The Morgan fingerprint density at radius 3 is 2.43 bits per heavy atom. The molecule has 0 bridgehead atoms. The lowest BCUT2D eigenvalue weighted by molar-refractivity contribution is -0.255. The molecule has 0 aromatic heterocycles. The molecule has 1 N–H and O–H groups in total. The molecule has 2 aromatic carbocycles. The third-order valence-corrected chi connectivity index (χ3v) is 5.24. The van der Waals surface area contributed by atoms with Crippen molar-refractivity contribution in [2.75, 3.05) is 12.4 Å². The van der Waals surface area contributed by atoms with Crippen LogP contribution in [0.5, 0.6) is 0 Å². The quantitative estimate of drug-likeness (QED) is 0.843. The normalized spacial score (nSPS) is 18.2. The van der Waals surface area contributed by atoms with Gasteiger partial charge in [0.25, 0.3) is 0 Å². The molecule has 0 spiro atoms. The number of anilines is 1. The summed E-state index contributed by atoms with van der Waals surface area (Å²) in [7, 11) is 1.56. The number of carboxylic acids is 1. The first-order valence-electron chi connectivity index (χ1n) is 8.23. The maximum absolute atomic E-state index is 13.0. The number of hydrogen-bond acceptors (Lipinski definition) is 6. The topological polar surface area (TPSA) is 102 Å². The molecule has 0 radical (unpaired) electrons. The number of nitrogens with one attached hydrogen (secondary N) is 1. The summed E-state index contributed by atoms with van der Waals surface area (Å²) in [5.74, 6) is -2.38. The van der Waals surface area contributed by atoms with E-state index in [1.54, 1.807) is 7.05 Å². The monoisotopic (exact) mass is 400 g/mol. The summed E-state index contributed by atoms with van der Waals surface area (Å²) in [6, 6.07) is 11.0. The van der Waals surface area contributed by atoms with Gasteiger partial charge in [-0.25, -0.2) is 9.38 Å². The number of carbonyl (C=O) groups is 3. The number of amides is 2. The largest absolute Gasteiger partial charge is 0.545 e. The fraction of sp³-hybridized carbons (Fsp3) is 0.158. The molecular formula is C19H15FN3O4S-. The molecule has 0 aliphatic carbocycles. The van der Waals surface area contributed by atoms with Gasteiger partial charge in [-0.15, -0.1) is 0 Å². The second-order valence-electron chi connectivity index (χ2n) is 5.99. The third-order valence-electron chi connectivity index (χ3n) is 4.00. The minimum Gasteiger partial charge on any atom is -0.545 e. The highest BCUT2D eigenvalue weighted by molar-refractivity contribution is 8.15. The number of carbonyl (C=O) groups excluding carboxylic acids is 3. The SMILES string of the molecule is CN1C(=O)C[C@H](C(=O)Nc2ccc(C(=O)[O-])cc2)SC1=Nc1ccc(F)cc1. The highest BCUT2D eigenvalue weighted by Crippen LogP contribution is 2.29. The standard InChI is InChI=1S/C19H16FN3O4S/c1-23-16(24)10-15(28-19(23)22-14-8-4-12(20)5-9-14)17(25)21-13-6-2-11(3-7-13)18(26)27/h2-9,15H,10H2,1H3,(H,21,25)(H,26,27)/p-1/t15-/m1/s1. The Labute approximate surface area is 164 Å². The van der Waals surface area contributed by atoms with E-state index in [0.717, 1.165) is 11.8 Å². The van der Waals surface area contributed by atoms with Crippen LogP contribution in [0.3, 0.4) is 0 Å². The maximum Gasteiger partial charge on any atom is 0.238 e. The summed E-state index contributed by atoms with van der Waals surface area (Å²) in [6.45, 7) is 0. The molecule has 0 saturated carbocycles. The lowest BCUT2D eigenvalue weighted by Crippen LogP contribution is -2.43. The number of aromatic carboxylic acids is 1. The van der Waals surface area contributed by atoms with Gasteiger partial charge in [0.15, 0.2) is 5.17 Å². The van der Waals surface area contributed by atoms with E-state index < -0.39 is 22.9 Å². The van der Waals surface area contributed by atoms with E-state index >= 15 is 0 Å². The van der Waals surface area contributed by atoms with Crippen LogP contribution in [0.25, 0.3) is 0 Å². The number of rotatable bonds is 4. The zero-order valence-electron chi connectivity index (χ0n) is 14.7. The van der Waals surface area contributed by atoms with Crippen LogP contribution in [0, 0.1) is 5.82 Å². The number of aliphatic imine (C=N–C) groups is 1. The number of thioether (sulfide) groups is 1. The predicted molar refractivity (Wildman–Crippen MR) is 102 cm³/mol. The summed E-state index contributed by atoms with van der Waals surface area (Å²) in [5.41, 5.74) is 0.858. The lowest BCUT2D eigenvalue weighted by atomic mass is 10.2. The molecule has 1 aliphatic rings. The average molecular weight is 400 g/mol. The second kappa shape index (κ2) is 8.22. The van der Waals surface area contributed by atoms with Gasteiger partial charge >= 0.3 is 0 Å². The van der Waals surface area contributed by atoms with Gasteiger partial charge in [-0.1, -0.05) is 23.9 Å². The van der Waals surface area contributed by atoms with Crippen molar-refractivity contribution in [3.8, 4) is 0 Å². The lowest BCUT2D eigenvalue weighted by Gasteiger charge is -2.28. The van der Waals surface area contributed by atoms with Gasteiger partial charge in [0.1, 0.15) is 11.1 Å². The van der Waals surface area contributed by atoms with Crippen molar-refractivity contribution in [2.24, 2.45) is 4.99 Å². The van der Waals surface area contributed by atoms with E-state index in [-0.39, 0.29) is 17.9 Å². The van der Waals surface area contributed by atoms with Gasteiger partial charge in [-0.05, 0) is 42.0 Å². The van der Waals surface area contributed by atoms with Crippen molar-refractivity contribution >= 4 is 46.1 Å². The number of hydrogen-bond donors (Lipinski definition) is 1. The molecule has 3 rings (SSSR count). The van der Waals surface area contributed by atoms with Crippen molar-refractivity contribution in [3.05, 3.63) is 59.9 Å². The Morgan fingerprint density at radius 1 is 1.18 bits per heavy atom. The van der Waals surface area contributed by atoms with Crippen molar-refractivity contribution < 1.29 is 23.9 Å². The fourth-order valence-electron chi connectivity index (χ4n) is 2.44. The summed E-state index contributed by atoms with van der Waals surface area (Å²) >= 11 is 1.12. The molecule has 1 saturated heterocycles. The van der Waals surface area contributed by atoms with Crippen LogP contribution in [-0.2, 0) is 9.59 Å². The molecule has 1 aliphatic heterocycles. The van der Waals surface area contributed by atoms with Crippen LogP contribution in [-0.4, -0.2) is 40.1 Å². The van der Waals surface area contributed by atoms with E-state index in [2.05, 4.69) is 10.3 Å². The summed E-state index contributed by atoms with van der Waals surface area (Å²) < 4.78 is 13.0. The summed E-state index contributed by atoms with van der Waals surface area (Å²) in [4.78, 5) is 41.3. The number of amidine groups is 1. The first-order valence-corrected chi connectivity index (χ1v) is 9.11. The van der Waals surface area contributed by atoms with Crippen LogP contribution < -0.4 is 10.4 Å². The van der Waals surface area contributed by atoms with Crippen LogP contribution in [0.4, 0.5) is 15.8 Å². The molecule has 1 atom stereocenters. The molecule has 2 aromatic rings. The molecule has 2 amide bonds. The molecular weight excluding hydrogens is 385 g/mol. The number of halogens is 1. The van der Waals surface area contributed by atoms with E-state index in [1.165, 1.54) is 53.4 Å². The Hall–Kier alpha value is -3.20. The molecule has 0 unspecified atom stereocenters. The predicted octanol–water partition coefficient (Wildman–Crippen LogP) is 1.78. The second-order valence-corrected chi connectivity index (χ2v) is 7.16. The van der Waals surface area contributed by atoms with E-state index in [9.17, 15) is 23.9 Å². The van der Waals surface area contributed by atoms with Crippen LogP contribution >= 0.6 is 11.8 Å². The Morgan fingerprint density at radius 2 is 1.82 bits per heavy atom. The molecule has 9 heteroatoms. The van der Waals surface area contributed by atoms with Crippen molar-refractivity contribution in [2.45, 2.75) is 11.7 Å². The molecule has 144 valence electrons. The van der Waals surface area contributed by atoms with Crippen molar-refractivity contribution in [1.82, 2.24) is 4.90 Å². The Bertz CT molecular complexity index is 945. The molecule has 1 fully saturated rings. The highest BCUT2D eigenvalue weighted by atomic mass is 32.2. The van der Waals surface area contributed by atoms with Crippen LogP contribution in [0.1, 0.15) is 16.8 Å². The first kappa shape index (κ1) is 19.6. The number of benzene rings is 2. The number of carboxylic acid groups (broad SMARTS) is 1. The van der Waals surface area contributed by atoms with Gasteiger partial charge in [0, 0.05) is 19.2 Å². The van der Waals surface area contributed by atoms with Crippen molar-refractivity contribution in [3.63, 3.8) is 0 Å². The smallest absolute Gasteiger partial charge is 0.238 e. The average Bonchev–Trinajstić information content (AvgIpc) is 2.67. The fourth-order valence-corrected chi connectivity index (χ4v) is 3.50. The van der Waals surface area contributed by atoms with E-state index in [4.69, 9.17) is 0 Å². The Balaban J connectivity index is 1.74. The first-order chi connectivity index (χ1) is 13.3.